The van der Waals surface area contributed by atoms with Crippen LogP contribution >= 0.6 is 11.3 Å². The van der Waals surface area contributed by atoms with Crippen LogP contribution in [0.25, 0.3) is 20.7 Å². The monoisotopic (exact) mass is 440 g/mol. The lowest BCUT2D eigenvalue weighted by Crippen LogP contribution is -2.21. The fourth-order valence-electron chi connectivity index (χ4n) is 2.78. The number of sulfonamides is 1. The Kier molecular flexibility index (Phi) is 5.44. The van der Waals surface area contributed by atoms with Crippen molar-refractivity contribution in [2.75, 3.05) is 11.9 Å². The molecular weight excluding hydrogens is 424 g/mol. The normalized spacial score (nSPS) is 11.4. The van der Waals surface area contributed by atoms with E-state index in [1.165, 1.54) is 35.9 Å². The molecule has 30 heavy (non-hydrogen) atoms. The molecule has 0 spiro atoms. The van der Waals surface area contributed by atoms with E-state index in [2.05, 4.69) is 15.3 Å². The predicted molar refractivity (Wildman–Crippen MR) is 115 cm³/mol. The van der Waals surface area contributed by atoms with Gasteiger partial charge < -0.3 is 10.1 Å². The number of thiophene rings is 1. The van der Waals surface area contributed by atoms with Gasteiger partial charge in [-0.15, -0.1) is 11.3 Å². The van der Waals surface area contributed by atoms with E-state index in [9.17, 15) is 13.2 Å². The minimum atomic E-state index is -3.86. The van der Waals surface area contributed by atoms with E-state index in [1.807, 2.05) is 36.4 Å². The molecule has 0 bridgehead atoms. The van der Waals surface area contributed by atoms with Crippen molar-refractivity contribution in [2.45, 2.75) is 4.90 Å². The molecule has 0 aliphatic carbocycles. The number of aromatic nitrogens is 2. The Morgan fingerprint density at radius 1 is 1.07 bits per heavy atom. The number of anilines is 1. The Labute approximate surface area is 176 Å². The Morgan fingerprint density at radius 2 is 1.87 bits per heavy atom. The lowest BCUT2D eigenvalue weighted by atomic mass is 10.2. The highest BCUT2D eigenvalue weighted by molar-refractivity contribution is 7.89. The number of carbonyl (C=O) groups is 1. The summed E-state index contributed by atoms with van der Waals surface area (Å²) in [5, 5.41) is 8.40. The molecule has 0 saturated heterocycles. The lowest BCUT2D eigenvalue weighted by molar-refractivity contribution is -0.118. The third-order valence-electron chi connectivity index (χ3n) is 4.14. The van der Waals surface area contributed by atoms with Crippen LogP contribution in [0.1, 0.15) is 0 Å². The fraction of sp³-hybridized carbons (Fsp3) is 0.0500. The molecule has 2 heterocycles. The molecule has 152 valence electrons. The summed E-state index contributed by atoms with van der Waals surface area (Å²) in [6, 6.07) is 17.5. The molecule has 8 nitrogen and oxygen atoms in total. The number of benzene rings is 2. The van der Waals surface area contributed by atoms with E-state index >= 15 is 0 Å². The van der Waals surface area contributed by atoms with Crippen LogP contribution in [0.15, 0.2) is 71.9 Å². The van der Waals surface area contributed by atoms with Gasteiger partial charge in [-0.3, -0.25) is 4.79 Å². The molecule has 10 heteroatoms. The number of hydrogen-bond acceptors (Lipinski definition) is 7. The Morgan fingerprint density at radius 3 is 2.63 bits per heavy atom. The van der Waals surface area contributed by atoms with E-state index in [-0.39, 0.29) is 11.5 Å². The molecule has 4 aromatic rings. The van der Waals surface area contributed by atoms with Gasteiger partial charge in [0.05, 0.1) is 10.3 Å². The van der Waals surface area contributed by atoms with Gasteiger partial charge in [-0.2, -0.15) is 0 Å². The second-order valence-corrected chi connectivity index (χ2v) is 8.88. The number of carbonyl (C=O) groups excluding carboxylic acids is 1. The standard InChI is InChI=1S/C20H16N4O4S2/c21-30(26,27)15-8-4-7-14(9-15)24-18(25)11-28-19-16-10-17(13-5-2-1-3-6-13)29-20(16)23-12-22-19/h1-10,12H,11H2,(H,24,25)(H2,21,26,27). The van der Waals surface area contributed by atoms with Gasteiger partial charge in [0.2, 0.25) is 15.9 Å². The predicted octanol–water partition coefficient (Wildman–Crippen LogP) is 3.02. The molecule has 2 aromatic heterocycles. The van der Waals surface area contributed by atoms with Crippen molar-refractivity contribution in [1.29, 1.82) is 0 Å². The summed E-state index contributed by atoms with van der Waals surface area (Å²) < 4.78 is 28.5. The van der Waals surface area contributed by atoms with Crippen molar-refractivity contribution in [3.05, 3.63) is 67.0 Å². The average molecular weight is 441 g/mol. The first-order valence-corrected chi connectivity index (χ1v) is 11.1. The second kappa shape index (κ2) is 8.19. The molecule has 0 fully saturated rings. The second-order valence-electron chi connectivity index (χ2n) is 6.28. The number of nitrogens with one attached hydrogen (secondary N) is 1. The first-order valence-electron chi connectivity index (χ1n) is 8.75. The molecule has 4 rings (SSSR count). The van der Waals surface area contributed by atoms with Crippen molar-refractivity contribution in [1.82, 2.24) is 9.97 Å². The summed E-state index contributed by atoms with van der Waals surface area (Å²) in [5.41, 5.74) is 1.35. The van der Waals surface area contributed by atoms with Crippen LogP contribution in [0.2, 0.25) is 0 Å². The lowest BCUT2D eigenvalue weighted by Gasteiger charge is -2.08. The number of amides is 1. The average Bonchev–Trinajstić information content (AvgIpc) is 3.17. The van der Waals surface area contributed by atoms with E-state index in [4.69, 9.17) is 9.88 Å². The molecule has 0 unspecified atom stereocenters. The summed E-state index contributed by atoms with van der Waals surface area (Å²) in [6.45, 7) is -0.303. The quantitative estimate of drug-likeness (QED) is 0.475. The minimum Gasteiger partial charge on any atom is -0.467 e. The SMILES string of the molecule is NS(=O)(=O)c1cccc(NC(=O)COc2ncnc3sc(-c4ccccc4)cc23)c1. The summed E-state index contributed by atoms with van der Waals surface area (Å²) in [7, 11) is -3.86. The van der Waals surface area contributed by atoms with E-state index < -0.39 is 15.9 Å². The van der Waals surface area contributed by atoms with Gasteiger partial charge in [-0.05, 0) is 29.8 Å². The number of hydrogen-bond donors (Lipinski definition) is 2. The van der Waals surface area contributed by atoms with Gasteiger partial charge >= 0.3 is 0 Å². The summed E-state index contributed by atoms with van der Waals surface area (Å²) >= 11 is 1.50. The maximum Gasteiger partial charge on any atom is 0.262 e. The highest BCUT2D eigenvalue weighted by Gasteiger charge is 2.13. The van der Waals surface area contributed by atoms with Crippen LogP contribution in [-0.4, -0.2) is 30.9 Å². The molecule has 0 saturated carbocycles. The molecule has 0 atom stereocenters. The minimum absolute atomic E-state index is 0.0922. The van der Waals surface area contributed by atoms with Crippen LogP contribution in [0.5, 0.6) is 5.88 Å². The number of nitrogens with two attached hydrogens (primary N) is 1. The first-order chi connectivity index (χ1) is 14.4. The highest BCUT2D eigenvalue weighted by Crippen LogP contribution is 2.35. The van der Waals surface area contributed by atoms with E-state index in [0.717, 1.165) is 15.3 Å². The Hall–Kier alpha value is -3.34. The Balaban J connectivity index is 1.49. The Bertz CT molecular complexity index is 1320. The maximum atomic E-state index is 12.3. The van der Waals surface area contributed by atoms with Gasteiger partial charge in [0.15, 0.2) is 6.61 Å². The molecule has 3 N–H and O–H groups in total. The molecular formula is C20H16N4O4S2. The fourth-order valence-corrected chi connectivity index (χ4v) is 4.33. The van der Waals surface area contributed by atoms with Gasteiger partial charge in [-0.1, -0.05) is 36.4 Å². The first kappa shape index (κ1) is 20.0. The van der Waals surface area contributed by atoms with E-state index in [0.29, 0.717) is 17.0 Å². The van der Waals surface area contributed by atoms with Crippen molar-refractivity contribution in [3.8, 4) is 16.3 Å². The number of rotatable bonds is 6. The van der Waals surface area contributed by atoms with Gasteiger partial charge in [0.1, 0.15) is 11.2 Å². The smallest absolute Gasteiger partial charge is 0.262 e. The maximum absolute atomic E-state index is 12.3. The zero-order valence-corrected chi connectivity index (χ0v) is 17.1. The number of primary sulfonamides is 1. The largest absolute Gasteiger partial charge is 0.467 e. The van der Waals surface area contributed by atoms with Crippen molar-refractivity contribution in [3.63, 3.8) is 0 Å². The third-order valence-corrected chi connectivity index (χ3v) is 6.14. The van der Waals surface area contributed by atoms with Crippen LogP contribution in [0.3, 0.4) is 0 Å². The van der Waals surface area contributed by atoms with Crippen LogP contribution in [0, 0.1) is 0 Å². The van der Waals surface area contributed by atoms with Gasteiger partial charge in [0, 0.05) is 10.6 Å². The van der Waals surface area contributed by atoms with Gasteiger partial charge in [0.25, 0.3) is 5.91 Å². The number of nitrogens with zero attached hydrogens (tertiary/aromatic N) is 2. The van der Waals surface area contributed by atoms with Gasteiger partial charge in [-0.25, -0.2) is 23.5 Å². The summed E-state index contributed by atoms with van der Waals surface area (Å²) in [5.74, 6) is -0.168. The zero-order valence-electron chi connectivity index (χ0n) is 15.5. The van der Waals surface area contributed by atoms with Crippen LogP contribution in [0.4, 0.5) is 5.69 Å². The van der Waals surface area contributed by atoms with Crippen molar-refractivity contribution >= 4 is 43.2 Å². The molecule has 1 amide bonds. The molecule has 0 aliphatic rings. The zero-order chi connectivity index (χ0) is 21.1. The molecule has 2 aromatic carbocycles. The van der Waals surface area contributed by atoms with Crippen molar-refractivity contribution < 1.29 is 17.9 Å². The molecule has 0 radical (unpaired) electrons. The number of fused-ring (bicyclic) bond motifs is 1. The number of ether oxygens (including phenoxy) is 1. The molecule has 0 aliphatic heterocycles. The van der Waals surface area contributed by atoms with Crippen molar-refractivity contribution in [2.24, 2.45) is 5.14 Å². The third kappa shape index (κ3) is 4.46. The van der Waals surface area contributed by atoms with Crippen LogP contribution < -0.4 is 15.2 Å². The van der Waals surface area contributed by atoms with E-state index in [1.54, 1.807) is 6.07 Å². The highest BCUT2D eigenvalue weighted by atomic mass is 32.2. The summed E-state index contributed by atoms with van der Waals surface area (Å²) in [6.07, 6.45) is 1.39. The topological polar surface area (TPSA) is 124 Å². The summed E-state index contributed by atoms with van der Waals surface area (Å²) in [4.78, 5) is 22.3. The van der Waals surface area contributed by atoms with Crippen LogP contribution in [-0.2, 0) is 14.8 Å².